The molecule has 0 aliphatic rings. The van der Waals surface area contributed by atoms with Crippen molar-refractivity contribution in [3.8, 4) is 10.6 Å². The fourth-order valence-corrected chi connectivity index (χ4v) is 2.88. The molecule has 0 atom stereocenters. The molecular formula is C14H12N4S. The average Bonchev–Trinajstić information content (AvgIpc) is 2.81. The van der Waals surface area contributed by atoms with Gasteiger partial charge in [0, 0.05) is 16.8 Å². The highest BCUT2D eigenvalue weighted by Crippen LogP contribution is 2.31. The predicted octanol–water partition coefficient (Wildman–Crippen LogP) is 2.83. The van der Waals surface area contributed by atoms with Crippen LogP contribution < -0.4 is 11.5 Å². The van der Waals surface area contributed by atoms with E-state index in [2.05, 4.69) is 4.98 Å². The number of hydrogen-bond donors (Lipinski definition) is 3. The van der Waals surface area contributed by atoms with Gasteiger partial charge >= 0.3 is 0 Å². The molecule has 94 valence electrons. The van der Waals surface area contributed by atoms with Gasteiger partial charge in [-0.05, 0) is 18.2 Å². The van der Waals surface area contributed by atoms with Crippen LogP contribution in [0, 0.1) is 5.41 Å². The normalized spacial score (nSPS) is 10.7. The van der Waals surface area contributed by atoms with Crippen molar-refractivity contribution in [2.75, 3.05) is 5.73 Å². The van der Waals surface area contributed by atoms with Crippen LogP contribution in [0.4, 0.5) is 5.69 Å². The van der Waals surface area contributed by atoms with Crippen LogP contribution in [0.2, 0.25) is 0 Å². The van der Waals surface area contributed by atoms with Crippen LogP contribution in [0.25, 0.3) is 20.8 Å². The SMILES string of the molecule is N=C(N)c1ccc(-c2nc3ccc(N)cc3s2)cc1. The molecule has 19 heavy (non-hydrogen) atoms. The topological polar surface area (TPSA) is 88.8 Å². The zero-order valence-corrected chi connectivity index (χ0v) is 10.9. The van der Waals surface area contributed by atoms with Crippen LogP contribution in [0.1, 0.15) is 5.56 Å². The third-order valence-corrected chi connectivity index (χ3v) is 3.92. The van der Waals surface area contributed by atoms with E-state index in [9.17, 15) is 0 Å². The average molecular weight is 268 g/mol. The van der Waals surface area contributed by atoms with Crippen LogP contribution in [0.15, 0.2) is 42.5 Å². The Balaban J connectivity index is 2.06. The van der Waals surface area contributed by atoms with E-state index in [4.69, 9.17) is 16.9 Å². The first-order chi connectivity index (χ1) is 9.13. The van der Waals surface area contributed by atoms with Crippen LogP contribution >= 0.6 is 11.3 Å². The van der Waals surface area contributed by atoms with Crippen molar-refractivity contribution in [3.05, 3.63) is 48.0 Å². The lowest BCUT2D eigenvalue weighted by molar-refractivity contribution is 1.42. The highest BCUT2D eigenvalue weighted by atomic mass is 32.1. The Morgan fingerprint density at radius 2 is 1.84 bits per heavy atom. The third kappa shape index (κ3) is 2.15. The van der Waals surface area contributed by atoms with Gasteiger partial charge in [0.25, 0.3) is 0 Å². The third-order valence-electron chi connectivity index (χ3n) is 2.86. The Morgan fingerprint density at radius 1 is 1.11 bits per heavy atom. The number of thiazole rings is 1. The Hall–Kier alpha value is -2.40. The van der Waals surface area contributed by atoms with Gasteiger partial charge in [-0.25, -0.2) is 4.98 Å². The summed E-state index contributed by atoms with van der Waals surface area (Å²) in [5.41, 5.74) is 14.6. The number of fused-ring (bicyclic) bond motifs is 1. The van der Waals surface area contributed by atoms with E-state index in [-0.39, 0.29) is 5.84 Å². The highest BCUT2D eigenvalue weighted by Gasteiger charge is 2.07. The van der Waals surface area contributed by atoms with Gasteiger partial charge in [-0.3, -0.25) is 5.41 Å². The quantitative estimate of drug-likeness (QED) is 0.379. The van der Waals surface area contributed by atoms with Crippen molar-refractivity contribution >= 4 is 33.1 Å². The molecule has 0 amide bonds. The minimum atomic E-state index is 0.0728. The summed E-state index contributed by atoms with van der Waals surface area (Å²) in [6, 6.07) is 13.2. The predicted molar refractivity (Wildman–Crippen MR) is 80.5 cm³/mol. The molecule has 1 heterocycles. The van der Waals surface area contributed by atoms with Gasteiger partial charge in [0.1, 0.15) is 10.8 Å². The molecule has 0 aliphatic heterocycles. The van der Waals surface area contributed by atoms with Gasteiger partial charge in [0.15, 0.2) is 0 Å². The second-order valence-electron chi connectivity index (χ2n) is 4.24. The molecule has 3 aromatic rings. The summed E-state index contributed by atoms with van der Waals surface area (Å²) in [7, 11) is 0. The number of aromatic nitrogens is 1. The van der Waals surface area contributed by atoms with Gasteiger partial charge in [0.05, 0.1) is 10.2 Å². The Morgan fingerprint density at radius 3 is 2.53 bits per heavy atom. The number of benzene rings is 2. The second-order valence-corrected chi connectivity index (χ2v) is 5.27. The Kier molecular flexibility index (Phi) is 2.68. The van der Waals surface area contributed by atoms with Crippen LogP contribution in [0.5, 0.6) is 0 Å². The van der Waals surface area contributed by atoms with Gasteiger partial charge in [0.2, 0.25) is 0 Å². The molecule has 0 bridgehead atoms. The van der Waals surface area contributed by atoms with Crippen molar-refractivity contribution in [1.82, 2.24) is 4.98 Å². The maximum absolute atomic E-state index is 7.37. The molecular weight excluding hydrogens is 256 g/mol. The summed E-state index contributed by atoms with van der Waals surface area (Å²) in [4.78, 5) is 4.58. The van der Waals surface area contributed by atoms with Crippen LogP contribution in [0.3, 0.4) is 0 Å². The lowest BCUT2D eigenvalue weighted by atomic mass is 10.1. The lowest BCUT2D eigenvalue weighted by Crippen LogP contribution is -2.10. The number of nitrogens with one attached hydrogen (secondary N) is 1. The summed E-state index contributed by atoms with van der Waals surface area (Å²) < 4.78 is 1.07. The number of nitrogen functional groups attached to an aromatic ring is 2. The first kappa shape index (κ1) is 11.7. The van der Waals surface area contributed by atoms with Crippen molar-refractivity contribution in [1.29, 1.82) is 5.41 Å². The van der Waals surface area contributed by atoms with E-state index in [1.165, 1.54) is 0 Å². The van der Waals surface area contributed by atoms with Gasteiger partial charge in [-0.1, -0.05) is 24.3 Å². The van der Waals surface area contributed by atoms with E-state index in [1.54, 1.807) is 11.3 Å². The fraction of sp³-hybridized carbons (Fsp3) is 0. The maximum Gasteiger partial charge on any atom is 0.124 e. The van der Waals surface area contributed by atoms with E-state index in [0.717, 1.165) is 26.5 Å². The highest BCUT2D eigenvalue weighted by molar-refractivity contribution is 7.21. The number of anilines is 1. The zero-order valence-electron chi connectivity index (χ0n) is 10.1. The molecule has 0 unspecified atom stereocenters. The number of hydrogen-bond acceptors (Lipinski definition) is 4. The van der Waals surface area contributed by atoms with Gasteiger partial charge < -0.3 is 11.5 Å². The summed E-state index contributed by atoms with van der Waals surface area (Å²) in [6.45, 7) is 0. The molecule has 3 rings (SSSR count). The molecule has 1 aromatic heterocycles. The minimum Gasteiger partial charge on any atom is -0.399 e. The summed E-state index contributed by atoms with van der Waals surface area (Å²) in [5.74, 6) is 0.0728. The smallest absolute Gasteiger partial charge is 0.124 e. The lowest BCUT2D eigenvalue weighted by Gasteiger charge is -1.99. The Labute approximate surface area is 114 Å². The molecule has 0 saturated carbocycles. The summed E-state index contributed by atoms with van der Waals surface area (Å²) >= 11 is 1.60. The second kappa shape index (κ2) is 4.37. The maximum atomic E-state index is 7.37. The van der Waals surface area contributed by atoms with E-state index >= 15 is 0 Å². The molecule has 4 nitrogen and oxygen atoms in total. The van der Waals surface area contributed by atoms with Crippen molar-refractivity contribution in [3.63, 3.8) is 0 Å². The number of nitrogens with two attached hydrogens (primary N) is 2. The molecule has 5 N–H and O–H groups in total. The summed E-state index contributed by atoms with van der Waals surface area (Å²) in [5, 5.41) is 8.31. The fourth-order valence-electron chi connectivity index (χ4n) is 1.86. The first-order valence-electron chi connectivity index (χ1n) is 5.74. The van der Waals surface area contributed by atoms with E-state index in [1.807, 2.05) is 42.5 Å². The molecule has 0 fully saturated rings. The van der Waals surface area contributed by atoms with E-state index < -0.39 is 0 Å². The number of amidine groups is 1. The standard InChI is InChI=1S/C14H12N4S/c15-10-5-6-11-12(7-10)19-14(18-11)9-3-1-8(2-4-9)13(16)17/h1-7H,15H2,(H3,16,17). The van der Waals surface area contributed by atoms with Crippen molar-refractivity contribution in [2.24, 2.45) is 5.73 Å². The van der Waals surface area contributed by atoms with Crippen LogP contribution in [-0.2, 0) is 0 Å². The van der Waals surface area contributed by atoms with Crippen molar-refractivity contribution < 1.29 is 0 Å². The number of nitrogens with zero attached hydrogens (tertiary/aromatic N) is 1. The molecule has 2 aromatic carbocycles. The summed E-state index contributed by atoms with van der Waals surface area (Å²) in [6.07, 6.45) is 0. The minimum absolute atomic E-state index is 0.0728. The monoisotopic (exact) mass is 268 g/mol. The molecule has 0 spiro atoms. The van der Waals surface area contributed by atoms with Crippen LogP contribution in [-0.4, -0.2) is 10.8 Å². The largest absolute Gasteiger partial charge is 0.399 e. The van der Waals surface area contributed by atoms with E-state index in [0.29, 0.717) is 5.56 Å². The zero-order chi connectivity index (χ0) is 13.4. The molecule has 0 aliphatic carbocycles. The Bertz CT molecular complexity index is 759. The van der Waals surface area contributed by atoms with Crippen molar-refractivity contribution in [2.45, 2.75) is 0 Å². The first-order valence-corrected chi connectivity index (χ1v) is 6.56. The molecule has 5 heteroatoms. The van der Waals surface area contributed by atoms with Gasteiger partial charge in [-0.15, -0.1) is 11.3 Å². The molecule has 0 radical (unpaired) electrons. The molecule has 0 saturated heterocycles. The number of rotatable bonds is 2. The van der Waals surface area contributed by atoms with Gasteiger partial charge in [-0.2, -0.15) is 0 Å².